The Morgan fingerprint density at radius 3 is 2.95 bits per heavy atom. The van der Waals surface area contributed by atoms with Crippen LogP contribution >= 0.6 is 0 Å². The Bertz CT molecular complexity index is 1270. The molecule has 12 nitrogen and oxygen atoms in total. The molecule has 0 saturated carbocycles. The molecule has 2 unspecified atom stereocenters. The highest BCUT2D eigenvalue weighted by molar-refractivity contribution is 5.95. The predicted octanol–water partition coefficient (Wildman–Crippen LogP) is 1.74. The van der Waals surface area contributed by atoms with Gasteiger partial charge in [0.05, 0.1) is 6.54 Å². The second-order valence-electron chi connectivity index (χ2n) is 10.4. The van der Waals surface area contributed by atoms with Crippen molar-refractivity contribution in [2.75, 3.05) is 43.1 Å². The van der Waals surface area contributed by atoms with Crippen LogP contribution in [0.25, 0.3) is 0 Å². The molecule has 208 valence electrons. The third kappa shape index (κ3) is 6.22. The Morgan fingerprint density at radius 2 is 2.13 bits per heavy atom. The third-order valence-corrected chi connectivity index (χ3v) is 6.98. The summed E-state index contributed by atoms with van der Waals surface area (Å²) in [5.74, 6) is 1.70. The van der Waals surface area contributed by atoms with E-state index in [1.54, 1.807) is 12.1 Å². The van der Waals surface area contributed by atoms with Crippen molar-refractivity contribution in [3.05, 3.63) is 35.0 Å². The van der Waals surface area contributed by atoms with Gasteiger partial charge in [-0.25, -0.2) is 14.8 Å². The van der Waals surface area contributed by atoms with Gasteiger partial charge in [-0.1, -0.05) is 0 Å². The standard InChI is InChI=1S/C27H34N6O6/c1-15(2)30-23(34)14-38-26-16(3)20-9-17(8-18(20)11-29-26)10-28-7-6-19-12-33(27(36)39-19)22-5-4-21-25(31-22)32-24(35)13-37-21/h4-5,11,15,17,19,28H,6-10,12-14H2,1-3H3,(H,30,34)(H,31,32,35). The number of pyridine rings is 2. The maximum Gasteiger partial charge on any atom is 0.415 e. The fourth-order valence-electron chi connectivity index (χ4n) is 5.13. The number of rotatable bonds is 10. The molecule has 2 aliphatic heterocycles. The van der Waals surface area contributed by atoms with E-state index in [9.17, 15) is 14.4 Å². The Labute approximate surface area is 226 Å². The average molecular weight is 539 g/mol. The average Bonchev–Trinajstić information content (AvgIpc) is 3.48. The molecule has 5 rings (SSSR count). The minimum atomic E-state index is -0.454. The van der Waals surface area contributed by atoms with Crippen LogP contribution in [-0.2, 0) is 27.2 Å². The molecule has 0 radical (unpaired) electrons. The molecule has 0 spiro atoms. The molecule has 1 saturated heterocycles. The summed E-state index contributed by atoms with van der Waals surface area (Å²) >= 11 is 0. The number of anilines is 2. The van der Waals surface area contributed by atoms with Crippen molar-refractivity contribution in [3.8, 4) is 11.6 Å². The number of cyclic esters (lactones) is 1. The number of carbonyl (C=O) groups is 3. The van der Waals surface area contributed by atoms with E-state index in [4.69, 9.17) is 14.2 Å². The van der Waals surface area contributed by atoms with Crippen LogP contribution in [0.15, 0.2) is 18.3 Å². The fourth-order valence-corrected chi connectivity index (χ4v) is 5.13. The molecule has 4 heterocycles. The van der Waals surface area contributed by atoms with E-state index in [2.05, 4.69) is 25.9 Å². The molecule has 1 aliphatic carbocycles. The molecule has 3 N–H and O–H groups in total. The first-order valence-corrected chi connectivity index (χ1v) is 13.3. The molecular weight excluding hydrogens is 504 g/mol. The number of amides is 3. The number of hydrogen-bond acceptors (Lipinski definition) is 9. The van der Waals surface area contributed by atoms with Crippen LogP contribution in [0.2, 0.25) is 0 Å². The first-order chi connectivity index (χ1) is 18.8. The van der Waals surface area contributed by atoms with Crippen molar-refractivity contribution in [2.45, 2.75) is 52.2 Å². The van der Waals surface area contributed by atoms with Gasteiger partial charge in [-0.15, -0.1) is 0 Å². The summed E-state index contributed by atoms with van der Waals surface area (Å²) < 4.78 is 16.6. The molecular formula is C27H34N6O6. The first kappa shape index (κ1) is 26.7. The maximum atomic E-state index is 12.5. The van der Waals surface area contributed by atoms with Gasteiger partial charge in [-0.05, 0) is 82.3 Å². The van der Waals surface area contributed by atoms with E-state index < -0.39 is 6.09 Å². The maximum absolute atomic E-state index is 12.5. The number of carbonyl (C=O) groups excluding carboxylic acids is 3. The van der Waals surface area contributed by atoms with Crippen molar-refractivity contribution in [2.24, 2.45) is 5.92 Å². The predicted molar refractivity (Wildman–Crippen MR) is 142 cm³/mol. The highest BCUT2D eigenvalue weighted by Gasteiger charge is 2.34. The van der Waals surface area contributed by atoms with Crippen LogP contribution < -0.4 is 30.3 Å². The molecule has 1 fully saturated rings. The molecule has 12 heteroatoms. The summed E-state index contributed by atoms with van der Waals surface area (Å²) in [6.45, 7) is 7.64. The monoisotopic (exact) mass is 538 g/mol. The summed E-state index contributed by atoms with van der Waals surface area (Å²) in [6.07, 6.45) is 3.67. The summed E-state index contributed by atoms with van der Waals surface area (Å²) in [7, 11) is 0. The molecule has 3 amide bonds. The van der Waals surface area contributed by atoms with Gasteiger partial charge in [0.1, 0.15) is 11.9 Å². The largest absolute Gasteiger partial charge is 0.480 e. The molecule has 3 aliphatic rings. The Balaban J connectivity index is 1.06. The van der Waals surface area contributed by atoms with Crippen molar-refractivity contribution in [1.29, 1.82) is 0 Å². The van der Waals surface area contributed by atoms with Crippen molar-refractivity contribution >= 4 is 29.5 Å². The van der Waals surface area contributed by atoms with Crippen molar-refractivity contribution < 1.29 is 28.6 Å². The molecule has 2 atom stereocenters. The number of ether oxygens (including phenoxy) is 3. The minimum Gasteiger partial charge on any atom is -0.480 e. The Hall–Kier alpha value is -3.93. The summed E-state index contributed by atoms with van der Waals surface area (Å²) in [6, 6.07) is 3.44. The lowest BCUT2D eigenvalue weighted by atomic mass is 10.1. The van der Waals surface area contributed by atoms with Crippen LogP contribution in [0, 0.1) is 12.8 Å². The van der Waals surface area contributed by atoms with Gasteiger partial charge < -0.3 is 30.2 Å². The number of fused-ring (bicyclic) bond motifs is 2. The van der Waals surface area contributed by atoms with Gasteiger partial charge in [0.15, 0.2) is 24.8 Å². The zero-order valence-corrected chi connectivity index (χ0v) is 22.4. The minimum absolute atomic E-state index is 0.0491. The highest BCUT2D eigenvalue weighted by Crippen LogP contribution is 2.33. The number of nitrogens with one attached hydrogen (secondary N) is 3. The quantitative estimate of drug-likeness (QED) is 0.385. The van der Waals surface area contributed by atoms with E-state index in [0.717, 1.165) is 24.9 Å². The lowest BCUT2D eigenvalue weighted by Crippen LogP contribution is -2.34. The third-order valence-electron chi connectivity index (χ3n) is 6.98. The van der Waals surface area contributed by atoms with Crippen LogP contribution in [0.4, 0.5) is 16.4 Å². The van der Waals surface area contributed by atoms with Gasteiger partial charge in [0, 0.05) is 17.8 Å². The Kier molecular flexibility index (Phi) is 7.82. The van der Waals surface area contributed by atoms with Crippen molar-refractivity contribution in [1.82, 2.24) is 20.6 Å². The normalized spacial score (nSPS) is 19.7. The van der Waals surface area contributed by atoms with E-state index >= 15 is 0 Å². The topological polar surface area (TPSA) is 144 Å². The summed E-state index contributed by atoms with van der Waals surface area (Å²) in [4.78, 5) is 46.2. The number of aromatic nitrogens is 2. The van der Waals surface area contributed by atoms with E-state index in [1.165, 1.54) is 16.0 Å². The SMILES string of the molecule is Cc1c(OCC(=O)NC(C)C)ncc2c1CC(CNCCC1CN(c3ccc4c(n3)NC(=O)CO4)C(=O)O1)C2. The first-order valence-electron chi connectivity index (χ1n) is 13.3. The second-order valence-corrected chi connectivity index (χ2v) is 10.4. The van der Waals surface area contributed by atoms with Crippen LogP contribution in [-0.4, -0.2) is 72.9 Å². The molecule has 0 bridgehead atoms. The van der Waals surface area contributed by atoms with Crippen LogP contribution in [0.3, 0.4) is 0 Å². The van der Waals surface area contributed by atoms with Gasteiger partial charge in [-0.3, -0.25) is 14.5 Å². The molecule has 2 aromatic heterocycles. The van der Waals surface area contributed by atoms with Gasteiger partial charge in [0.25, 0.3) is 11.8 Å². The van der Waals surface area contributed by atoms with E-state index in [1.807, 2.05) is 27.0 Å². The number of hydrogen-bond donors (Lipinski definition) is 3. The van der Waals surface area contributed by atoms with Crippen molar-refractivity contribution in [3.63, 3.8) is 0 Å². The Morgan fingerprint density at radius 1 is 1.28 bits per heavy atom. The fraction of sp³-hybridized carbons (Fsp3) is 0.519. The smallest absolute Gasteiger partial charge is 0.415 e. The summed E-state index contributed by atoms with van der Waals surface area (Å²) in [5, 5.41) is 8.97. The molecule has 2 aromatic rings. The molecule has 0 aromatic carbocycles. The number of nitrogens with zero attached hydrogens (tertiary/aromatic N) is 3. The zero-order chi connectivity index (χ0) is 27.5. The molecule has 39 heavy (non-hydrogen) atoms. The highest BCUT2D eigenvalue weighted by atomic mass is 16.6. The van der Waals surface area contributed by atoms with Crippen LogP contribution in [0.1, 0.15) is 37.0 Å². The van der Waals surface area contributed by atoms with Gasteiger partial charge in [0.2, 0.25) is 5.88 Å². The zero-order valence-electron chi connectivity index (χ0n) is 22.4. The van der Waals surface area contributed by atoms with E-state index in [-0.39, 0.29) is 37.2 Å². The van der Waals surface area contributed by atoms with Gasteiger partial charge >= 0.3 is 6.09 Å². The lowest BCUT2D eigenvalue weighted by molar-refractivity contribution is -0.123. The van der Waals surface area contributed by atoms with E-state index in [0.29, 0.717) is 48.7 Å². The summed E-state index contributed by atoms with van der Waals surface area (Å²) in [5.41, 5.74) is 3.46. The lowest BCUT2D eigenvalue weighted by Gasteiger charge is -2.19. The van der Waals surface area contributed by atoms with Crippen LogP contribution in [0.5, 0.6) is 11.6 Å². The van der Waals surface area contributed by atoms with Gasteiger partial charge in [-0.2, -0.15) is 0 Å². The second kappa shape index (κ2) is 11.4.